The van der Waals surface area contributed by atoms with Crippen LogP contribution < -0.4 is 5.32 Å². The van der Waals surface area contributed by atoms with Gasteiger partial charge in [-0.1, -0.05) is 26.2 Å². The van der Waals surface area contributed by atoms with Gasteiger partial charge in [0.2, 0.25) is 0 Å². The first-order chi connectivity index (χ1) is 8.88. The maximum absolute atomic E-state index is 6.02. The van der Waals surface area contributed by atoms with Crippen LogP contribution in [0.1, 0.15) is 52.4 Å². The molecule has 0 aliphatic heterocycles. The zero-order chi connectivity index (χ0) is 13.1. The van der Waals surface area contributed by atoms with E-state index in [-0.39, 0.29) is 0 Å². The van der Waals surface area contributed by atoms with Crippen LogP contribution in [0.4, 0.5) is 0 Å². The van der Waals surface area contributed by atoms with Crippen LogP contribution in [0.15, 0.2) is 0 Å². The standard InChI is InChI=1S/C15H31NO2/c1-3-14-8-5-6-9-15(14)18-13-11-16-10-7-12-17-4-2/h14-16H,3-13H2,1-2H3. The number of nitrogens with one attached hydrogen (secondary N) is 1. The molecule has 0 heterocycles. The minimum atomic E-state index is 0.522. The van der Waals surface area contributed by atoms with Crippen LogP contribution in [0.2, 0.25) is 0 Å². The summed E-state index contributed by atoms with van der Waals surface area (Å²) >= 11 is 0. The molecule has 0 aromatic rings. The Hall–Kier alpha value is -0.120. The van der Waals surface area contributed by atoms with E-state index >= 15 is 0 Å². The van der Waals surface area contributed by atoms with Crippen LogP contribution in [0.3, 0.4) is 0 Å². The Kier molecular flexibility index (Phi) is 9.54. The summed E-state index contributed by atoms with van der Waals surface area (Å²) in [6.07, 6.45) is 8.26. The third-order valence-electron chi connectivity index (χ3n) is 3.82. The van der Waals surface area contributed by atoms with Crippen molar-refractivity contribution in [3.8, 4) is 0 Å². The lowest BCUT2D eigenvalue weighted by Crippen LogP contribution is -2.30. The number of ether oxygens (including phenoxy) is 2. The molecular formula is C15H31NO2. The van der Waals surface area contributed by atoms with Crippen molar-refractivity contribution < 1.29 is 9.47 Å². The first-order valence-electron chi connectivity index (χ1n) is 7.78. The summed E-state index contributed by atoms with van der Waals surface area (Å²) in [5.41, 5.74) is 0. The molecule has 1 aliphatic rings. The van der Waals surface area contributed by atoms with Crippen molar-refractivity contribution in [2.75, 3.05) is 32.9 Å². The Morgan fingerprint density at radius 1 is 1.06 bits per heavy atom. The molecule has 0 aromatic heterocycles. The van der Waals surface area contributed by atoms with E-state index in [4.69, 9.17) is 9.47 Å². The van der Waals surface area contributed by atoms with Gasteiger partial charge < -0.3 is 14.8 Å². The first kappa shape index (κ1) is 15.9. The molecule has 0 bridgehead atoms. The smallest absolute Gasteiger partial charge is 0.0603 e. The van der Waals surface area contributed by atoms with E-state index in [2.05, 4.69) is 12.2 Å². The highest BCUT2D eigenvalue weighted by molar-refractivity contribution is 4.74. The molecule has 3 heteroatoms. The highest BCUT2D eigenvalue weighted by Crippen LogP contribution is 2.28. The van der Waals surface area contributed by atoms with Crippen molar-refractivity contribution in [3.63, 3.8) is 0 Å². The summed E-state index contributed by atoms with van der Waals surface area (Å²) in [7, 11) is 0. The van der Waals surface area contributed by atoms with Crippen molar-refractivity contribution in [3.05, 3.63) is 0 Å². The highest BCUT2D eigenvalue weighted by atomic mass is 16.5. The molecule has 1 rings (SSSR count). The van der Waals surface area contributed by atoms with Crippen molar-refractivity contribution in [1.82, 2.24) is 5.32 Å². The van der Waals surface area contributed by atoms with E-state index < -0.39 is 0 Å². The molecule has 1 saturated carbocycles. The second kappa shape index (κ2) is 10.8. The van der Waals surface area contributed by atoms with Gasteiger partial charge in [-0.15, -0.1) is 0 Å². The molecule has 0 radical (unpaired) electrons. The lowest BCUT2D eigenvalue weighted by Gasteiger charge is -2.30. The van der Waals surface area contributed by atoms with Gasteiger partial charge in [-0.05, 0) is 38.6 Å². The predicted molar refractivity (Wildman–Crippen MR) is 76.0 cm³/mol. The van der Waals surface area contributed by atoms with Gasteiger partial charge in [0, 0.05) is 19.8 Å². The first-order valence-corrected chi connectivity index (χ1v) is 7.78. The average Bonchev–Trinajstić information content (AvgIpc) is 2.42. The second-order valence-electron chi connectivity index (χ2n) is 5.16. The molecule has 0 amide bonds. The van der Waals surface area contributed by atoms with Gasteiger partial charge in [0.1, 0.15) is 0 Å². The Labute approximate surface area is 113 Å². The third kappa shape index (κ3) is 6.72. The third-order valence-corrected chi connectivity index (χ3v) is 3.82. The van der Waals surface area contributed by atoms with E-state index in [0.717, 1.165) is 45.2 Å². The van der Waals surface area contributed by atoms with Crippen LogP contribution in [0.25, 0.3) is 0 Å². The van der Waals surface area contributed by atoms with Gasteiger partial charge in [0.05, 0.1) is 12.7 Å². The minimum absolute atomic E-state index is 0.522. The molecule has 1 fully saturated rings. The van der Waals surface area contributed by atoms with Crippen LogP contribution >= 0.6 is 0 Å². The van der Waals surface area contributed by atoms with Gasteiger partial charge in [-0.25, -0.2) is 0 Å². The average molecular weight is 257 g/mol. The quantitative estimate of drug-likeness (QED) is 0.610. The molecule has 0 aromatic carbocycles. The van der Waals surface area contributed by atoms with Crippen LogP contribution in [-0.2, 0) is 9.47 Å². The zero-order valence-corrected chi connectivity index (χ0v) is 12.2. The van der Waals surface area contributed by atoms with E-state index in [1.165, 1.54) is 32.1 Å². The Morgan fingerprint density at radius 2 is 1.89 bits per heavy atom. The molecule has 1 N–H and O–H groups in total. The normalized spacial score (nSPS) is 24.3. The zero-order valence-electron chi connectivity index (χ0n) is 12.2. The fourth-order valence-corrected chi connectivity index (χ4v) is 2.71. The number of rotatable bonds is 10. The van der Waals surface area contributed by atoms with Gasteiger partial charge in [0.15, 0.2) is 0 Å². The van der Waals surface area contributed by atoms with Gasteiger partial charge in [-0.3, -0.25) is 0 Å². The topological polar surface area (TPSA) is 30.5 Å². The Balaban J connectivity index is 1.93. The molecule has 3 nitrogen and oxygen atoms in total. The van der Waals surface area contributed by atoms with Crippen LogP contribution in [0.5, 0.6) is 0 Å². The molecule has 2 atom stereocenters. The van der Waals surface area contributed by atoms with Crippen LogP contribution in [-0.4, -0.2) is 39.0 Å². The van der Waals surface area contributed by atoms with Crippen LogP contribution in [0, 0.1) is 5.92 Å². The van der Waals surface area contributed by atoms with Crippen molar-refractivity contribution >= 4 is 0 Å². The summed E-state index contributed by atoms with van der Waals surface area (Å²) in [6.45, 7) is 8.88. The molecule has 108 valence electrons. The lowest BCUT2D eigenvalue weighted by molar-refractivity contribution is -0.0103. The van der Waals surface area contributed by atoms with Crippen molar-refractivity contribution in [1.29, 1.82) is 0 Å². The Morgan fingerprint density at radius 3 is 2.67 bits per heavy atom. The number of hydrogen-bond acceptors (Lipinski definition) is 3. The van der Waals surface area contributed by atoms with E-state index in [0.29, 0.717) is 6.10 Å². The number of hydrogen-bond donors (Lipinski definition) is 1. The maximum Gasteiger partial charge on any atom is 0.0603 e. The van der Waals surface area contributed by atoms with E-state index in [9.17, 15) is 0 Å². The maximum atomic E-state index is 6.02. The molecule has 0 saturated heterocycles. The van der Waals surface area contributed by atoms with Gasteiger partial charge in [0.25, 0.3) is 0 Å². The SMILES string of the molecule is CCOCCCNCCOC1CCCCC1CC. The van der Waals surface area contributed by atoms with Crippen molar-refractivity contribution in [2.45, 2.75) is 58.5 Å². The summed E-state index contributed by atoms with van der Waals surface area (Å²) in [6, 6.07) is 0. The summed E-state index contributed by atoms with van der Waals surface area (Å²) in [5, 5.41) is 3.41. The van der Waals surface area contributed by atoms with Gasteiger partial charge in [-0.2, -0.15) is 0 Å². The minimum Gasteiger partial charge on any atom is -0.382 e. The lowest BCUT2D eigenvalue weighted by atomic mass is 9.85. The molecule has 0 spiro atoms. The molecular weight excluding hydrogens is 226 g/mol. The fraction of sp³-hybridized carbons (Fsp3) is 1.00. The molecule has 2 unspecified atom stereocenters. The predicted octanol–water partition coefficient (Wildman–Crippen LogP) is 2.99. The second-order valence-corrected chi connectivity index (χ2v) is 5.16. The van der Waals surface area contributed by atoms with E-state index in [1.54, 1.807) is 0 Å². The largest absolute Gasteiger partial charge is 0.382 e. The highest BCUT2D eigenvalue weighted by Gasteiger charge is 2.23. The summed E-state index contributed by atoms with van der Waals surface area (Å²) in [4.78, 5) is 0. The van der Waals surface area contributed by atoms with Gasteiger partial charge >= 0.3 is 0 Å². The monoisotopic (exact) mass is 257 g/mol. The van der Waals surface area contributed by atoms with Crippen molar-refractivity contribution in [2.24, 2.45) is 5.92 Å². The summed E-state index contributed by atoms with van der Waals surface area (Å²) < 4.78 is 11.3. The fourth-order valence-electron chi connectivity index (χ4n) is 2.71. The summed E-state index contributed by atoms with van der Waals surface area (Å²) in [5.74, 6) is 0.803. The Bertz CT molecular complexity index is 187. The molecule has 18 heavy (non-hydrogen) atoms. The van der Waals surface area contributed by atoms with E-state index in [1.807, 2.05) is 6.92 Å². The molecule has 1 aliphatic carbocycles.